The number of aromatic nitrogens is 2. The molecule has 1 aromatic carbocycles. The van der Waals surface area contributed by atoms with E-state index < -0.39 is 11.9 Å². The van der Waals surface area contributed by atoms with Gasteiger partial charge in [-0.25, -0.2) is 0 Å². The summed E-state index contributed by atoms with van der Waals surface area (Å²) < 4.78 is 6.82. The van der Waals surface area contributed by atoms with Crippen LogP contribution in [0.15, 0.2) is 36.7 Å². The lowest BCUT2D eigenvalue weighted by molar-refractivity contribution is -0.141. The molecule has 0 aliphatic carbocycles. The number of carboxylic acids is 1. The molecule has 134 valence electrons. The van der Waals surface area contributed by atoms with Crippen LogP contribution in [0, 0.1) is 5.92 Å². The average molecular weight is 366 g/mol. The number of hydrogen-bond donors (Lipinski definition) is 1. The topological polar surface area (TPSA) is 84.7 Å². The van der Waals surface area contributed by atoms with Crippen LogP contribution >= 0.6 is 12.4 Å². The highest BCUT2D eigenvalue weighted by Gasteiger charge is 2.31. The Hall–Kier alpha value is -2.54. The fourth-order valence-electron chi connectivity index (χ4n) is 2.81. The average Bonchev–Trinajstić information content (AvgIpc) is 3.24. The fourth-order valence-corrected chi connectivity index (χ4v) is 2.81. The Labute approximate surface area is 151 Å². The third-order valence-corrected chi connectivity index (χ3v) is 4.21. The third kappa shape index (κ3) is 4.30. The maximum Gasteiger partial charge on any atom is 0.308 e. The molecule has 25 heavy (non-hydrogen) atoms. The highest BCUT2D eigenvalue weighted by Crippen LogP contribution is 2.19. The number of halogens is 1. The summed E-state index contributed by atoms with van der Waals surface area (Å²) in [5.74, 6) is -0.694. The monoisotopic (exact) mass is 365 g/mol. The van der Waals surface area contributed by atoms with Gasteiger partial charge in [-0.2, -0.15) is 5.10 Å². The minimum absolute atomic E-state index is 0. The fraction of sp³-hybridized carbons (Fsp3) is 0.353. The Morgan fingerprint density at radius 3 is 2.64 bits per heavy atom. The molecule has 3 rings (SSSR count). The molecule has 1 atom stereocenters. The van der Waals surface area contributed by atoms with E-state index in [0.29, 0.717) is 25.1 Å². The van der Waals surface area contributed by atoms with Crippen molar-refractivity contribution in [2.24, 2.45) is 5.92 Å². The zero-order chi connectivity index (χ0) is 17.1. The van der Waals surface area contributed by atoms with E-state index in [1.807, 2.05) is 24.3 Å². The standard InChI is InChI=1S/C17H19N3O4.ClH/c1-24-15-4-2-12(3-5-15)9-20-11-14(8-18-20)16(21)19-7-6-13(10-19)17(22)23;/h2-5,8,11,13H,6-7,9-10H2,1H3,(H,22,23);1H. The Bertz CT molecular complexity index is 745. The first-order chi connectivity index (χ1) is 11.6. The van der Waals surface area contributed by atoms with Crippen LogP contribution < -0.4 is 4.74 Å². The first kappa shape index (κ1) is 18.8. The highest BCUT2D eigenvalue weighted by molar-refractivity contribution is 5.94. The van der Waals surface area contributed by atoms with Crippen molar-refractivity contribution in [2.75, 3.05) is 20.2 Å². The van der Waals surface area contributed by atoms with Gasteiger partial charge in [0.1, 0.15) is 5.75 Å². The van der Waals surface area contributed by atoms with E-state index in [9.17, 15) is 9.59 Å². The first-order valence-electron chi connectivity index (χ1n) is 7.74. The second-order valence-electron chi connectivity index (χ2n) is 5.85. The summed E-state index contributed by atoms with van der Waals surface area (Å²) in [4.78, 5) is 25.0. The number of ether oxygens (including phenoxy) is 1. The van der Waals surface area contributed by atoms with E-state index in [1.165, 1.54) is 6.20 Å². The van der Waals surface area contributed by atoms with Crippen molar-refractivity contribution in [3.05, 3.63) is 47.8 Å². The maximum atomic E-state index is 12.4. The normalized spacial score (nSPS) is 16.4. The summed E-state index contributed by atoms with van der Waals surface area (Å²) in [6.45, 7) is 1.28. The van der Waals surface area contributed by atoms with Gasteiger partial charge in [0.25, 0.3) is 5.91 Å². The van der Waals surface area contributed by atoms with Crippen molar-refractivity contribution >= 4 is 24.3 Å². The van der Waals surface area contributed by atoms with Crippen molar-refractivity contribution in [3.63, 3.8) is 0 Å². The number of nitrogens with zero attached hydrogens (tertiary/aromatic N) is 3. The molecular formula is C17H20ClN3O4. The van der Waals surface area contributed by atoms with Crippen LogP contribution in [0.25, 0.3) is 0 Å². The molecule has 0 bridgehead atoms. The lowest BCUT2D eigenvalue weighted by Gasteiger charge is -2.14. The van der Waals surface area contributed by atoms with Crippen LogP contribution in [0.2, 0.25) is 0 Å². The largest absolute Gasteiger partial charge is 0.497 e. The molecule has 0 spiro atoms. The number of benzene rings is 1. The van der Waals surface area contributed by atoms with Crippen molar-refractivity contribution in [1.82, 2.24) is 14.7 Å². The van der Waals surface area contributed by atoms with Gasteiger partial charge >= 0.3 is 5.97 Å². The molecule has 2 heterocycles. The number of carboxylic acid groups (broad SMARTS) is 1. The number of carbonyl (C=O) groups excluding carboxylic acids is 1. The minimum atomic E-state index is -0.847. The number of hydrogen-bond acceptors (Lipinski definition) is 4. The molecule has 0 saturated carbocycles. The van der Waals surface area contributed by atoms with Gasteiger partial charge in [0, 0.05) is 19.3 Å². The molecule has 1 saturated heterocycles. The van der Waals surface area contributed by atoms with Gasteiger partial charge in [-0.1, -0.05) is 12.1 Å². The van der Waals surface area contributed by atoms with Crippen molar-refractivity contribution in [1.29, 1.82) is 0 Å². The number of likely N-dealkylation sites (tertiary alicyclic amines) is 1. The predicted molar refractivity (Wildman–Crippen MR) is 93.2 cm³/mol. The van der Waals surface area contributed by atoms with Crippen molar-refractivity contribution in [3.8, 4) is 5.75 Å². The molecule has 1 unspecified atom stereocenters. The van der Waals surface area contributed by atoms with Crippen LogP contribution in [0.5, 0.6) is 5.75 Å². The molecule has 0 radical (unpaired) electrons. The van der Waals surface area contributed by atoms with Crippen LogP contribution in [0.4, 0.5) is 0 Å². The van der Waals surface area contributed by atoms with Gasteiger partial charge in [0.15, 0.2) is 0 Å². The summed E-state index contributed by atoms with van der Waals surface area (Å²) in [7, 11) is 1.62. The summed E-state index contributed by atoms with van der Waals surface area (Å²) in [6, 6.07) is 7.64. The van der Waals surface area contributed by atoms with E-state index >= 15 is 0 Å². The second-order valence-corrected chi connectivity index (χ2v) is 5.85. The van der Waals surface area contributed by atoms with E-state index in [0.717, 1.165) is 11.3 Å². The number of carbonyl (C=O) groups is 2. The number of amides is 1. The molecule has 1 amide bonds. The number of rotatable bonds is 5. The molecule has 1 fully saturated rings. The summed E-state index contributed by atoms with van der Waals surface area (Å²) in [5, 5.41) is 13.2. The minimum Gasteiger partial charge on any atom is -0.497 e. The van der Waals surface area contributed by atoms with Crippen molar-refractivity contribution in [2.45, 2.75) is 13.0 Å². The lowest BCUT2D eigenvalue weighted by atomic mass is 10.1. The Kier molecular flexibility index (Phi) is 6.03. The van der Waals surface area contributed by atoms with Gasteiger partial charge in [-0.3, -0.25) is 14.3 Å². The first-order valence-corrected chi connectivity index (χ1v) is 7.74. The maximum absolute atomic E-state index is 12.4. The molecular weight excluding hydrogens is 346 g/mol. The summed E-state index contributed by atoms with van der Waals surface area (Å²) in [6.07, 6.45) is 3.72. The Morgan fingerprint density at radius 2 is 2.04 bits per heavy atom. The van der Waals surface area contributed by atoms with Crippen LogP contribution in [-0.4, -0.2) is 51.9 Å². The van der Waals surface area contributed by atoms with E-state index in [-0.39, 0.29) is 24.9 Å². The molecule has 2 aromatic rings. The van der Waals surface area contributed by atoms with Crippen LogP contribution in [-0.2, 0) is 11.3 Å². The Balaban J connectivity index is 0.00000225. The number of aliphatic carboxylic acids is 1. The van der Waals surface area contributed by atoms with Gasteiger partial charge < -0.3 is 14.7 Å². The zero-order valence-electron chi connectivity index (χ0n) is 13.8. The molecule has 1 aliphatic heterocycles. The Morgan fingerprint density at radius 1 is 1.32 bits per heavy atom. The quantitative estimate of drug-likeness (QED) is 0.874. The summed E-state index contributed by atoms with van der Waals surface area (Å²) in [5.41, 5.74) is 1.53. The molecule has 1 N–H and O–H groups in total. The molecule has 1 aliphatic rings. The number of methoxy groups -OCH3 is 1. The SMILES string of the molecule is COc1ccc(Cn2cc(C(=O)N3CCC(C(=O)O)C3)cn2)cc1.Cl. The van der Waals surface area contributed by atoms with Gasteiger partial charge in [0.2, 0.25) is 0 Å². The van der Waals surface area contributed by atoms with E-state index in [4.69, 9.17) is 9.84 Å². The molecule has 7 nitrogen and oxygen atoms in total. The van der Waals surface area contributed by atoms with Gasteiger partial charge in [0.05, 0.1) is 31.3 Å². The molecule has 1 aromatic heterocycles. The van der Waals surface area contributed by atoms with Gasteiger partial charge in [-0.05, 0) is 24.1 Å². The van der Waals surface area contributed by atoms with E-state index in [1.54, 1.807) is 22.9 Å². The smallest absolute Gasteiger partial charge is 0.308 e. The van der Waals surface area contributed by atoms with Crippen LogP contribution in [0.1, 0.15) is 22.3 Å². The summed E-state index contributed by atoms with van der Waals surface area (Å²) >= 11 is 0. The predicted octanol–water partition coefficient (Wildman–Crippen LogP) is 1.91. The molecule has 8 heteroatoms. The lowest BCUT2D eigenvalue weighted by Crippen LogP contribution is -2.29. The van der Waals surface area contributed by atoms with E-state index in [2.05, 4.69) is 5.10 Å². The van der Waals surface area contributed by atoms with Crippen LogP contribution in [0.3, 0.4) is 0 Å². The third-order valence-electron chi connectivity index (χ3n) is 4.21. The second kappa shape index (κ2) is 8.02. The zero-order valence-corrected chi connectivity index (χ0v) is 14.6. The highest BCUT2D eigenvalue weighted by atomic mass is 35.5. The van der Waals surface area contributed by atoms with Gasteiger partial charge in [-0.15, -0.1) is 12.4 Å². The van der Waals surface area contributed by atoms with Crippen molar-refractivity contribution < 1.29 is 19.4 Å².